The fourth-order valence-electron chi connectivity index (χ4n) is 3.48. The number of allylic oxidation sites excluding steroid dienone is 1. The lowest BCUT2D eigenvalue weighted by atomic mass is 10.1. The minimum atomic E-state index is -0.0471. The third kappa shape index (κ3) is 3.76. The first kappa shape index (κ1) is 20.0. The SMILES string of the molecule is C=CCn1c(SCc2ccc(C=C)cc2)nc2c(-c3ccccc3)cn(C)c2c1=O. The normalized spacial score (nSPS) is 11.0. The molecular formula is C25H23N3OS. The Balaban J connectivity index is 1.80. The third-order valence-electron chi connectivity index (χ3n) is 5.02. The maximum Gasteiger partial charge on any atom is 0.279 e. The van der Waals surface area contributed by atoms with Gasteiger partial charge in [-0.1, -0.05) is 85.1 Å². The van der Waals surface area contributed by atoms with Crippen LogP contribution in [0.25, 0.3) is 28.2 Å². The zero-order valence-corrected chi connectivity index (χ0v) is 17.7. The highest BCUT2D eigenvalue weighted by Crippen LogP contribution is 2.30. The van der Waals surface area contributed by atoms with Gasteiger partial charge in [-0.25, -0.2) is 4.98 Å². The van der Waals surface area contributed by atoms with Crippen LogP contribution in [-0.2, 0) is 19.3 Å². The van der Waals surface area contributed by atoms with Gasteiger partial charge in [0.1, 0.15) is 11.0 Å². The number of aromatic nitrogens is 3. The second kappa shape index (κ2) is 8.59. The van der Waals surface area contributed by atoms with Crippen molar-refractivity contribution in [3.05, 3.63) is 102 Å². The van der Waals surface area contributed by atoms with Crippen molar-refractivity contribution in [3.63, 3.8) is 0 Å². The highest BCUT2D eigenvalue weighted by Gasteiger charge is 2.18. The Morgan fingerprint density at radius 2 is 1.80 bits per heavy atom. The summed E-state index contributed by atoms with van der Waals surface area (Å²) >= 11 is 1.56. The van der Waals surface area contributed by atoms with Gasteiger partial charge in [-0.15, -0.1) is 6.58 Å². The van der Waals surface area contributed by atoms with E-state index in [-0.39, 0.29) is 5.56 Å². The van der Waals surface area contributed by atoms with Crippen LogP contribution < -0.4 is 5.56 Å². The Morgan fingerprint density at radius 3 is 2.47 bits per heavy atom. The minimum Gasteiger partial charge on any atom is -0.344 e. The van der Waals surface area contributed by atoms with Crippen LogP contribution in [0.2, 0.25) is 0 Å². The second-order valence-electron chi connectivity index (χ2n) is 7.05. The predicted molar refractivity (Wildman–Crippen MR) is 127 cm³/mol. The Hall–Kier alpha value is -3.31. The molecule has 2 aromatic carbocycles. The van der Waals surface area contributed by atoms with E-state index in [1.807, 2.05) is 66.4 Å². The fourth-order valence-corrected chi connectivity index (χ4v) is 4.43. The summed E-state index contributed by atoms with van der Waals surface area (Å²) < 4.78 is 3.57. The average molecular weight is 414 g/mol. The van der Waals surface area contributed by atoms with Crippen molar-refractivity contribution < 1.29 is 0 Å². The summed E-state index contributed by atoms with van der Waals surface area (Å²) in [6, 6.07) is 18.3. The highest BCUT2D eigenvalue weighted by atomic mass is 32.2. The summed E-state index contributed by atoms with van der Waals surface area (Å²) in [7, 11) is 1.89. The first-order valence-corrected chi connectivity index (χ1v) is 10.7. The monoisotopic (exact) mass is 413 g/mol. The van der Waals surface area contributed by atoms with Crippen LogP contribution in [0.5, 0.6) is 0 Å². The second-order valence-corrected chi connectivity index (χ2v) is 7.99. The molecule has 0 spiro atoms. The molecule has 0 fully saturated rings. The quantitative estimate of drug-likeness (QED) is 0.227. The molecule has 0 saturated heterocycles. The summed E-state index contributed by atoms with van der Waals surface area (Å²) in [5, 5.41) is 0.698. The highest BCUT2D eigenvalue weighted by molar-refractivity contribution is 7.98. The number of rotatable bonds is 7. The van der Waals surface area contributed by atoms with Crippen LogP contribution in [0.4, 0.5) is 0 Å². The Kier molecular flexibility index (Phi) is 5.72. The van der Waals surface area contributed by atoms with E-state index in [1.165, 1.54) is 5.56 Å². The number of hydrogen-bond acceptors (Lipinski definition) is 3. The molecule has 150 valence electrons. The number of hydrogen-bond donors (Lipinski definition) is 0. The van der Waals surface area contributed by atoms with Gasteiger partial charge >= 0.3 is 0 Å². The molecule has 0 unspecified atom stereocenters. The summed E-state index contributed by atoms with van der Waals surface area (Å²) in [6.07, 6.45) is 5.54. The van der Waals surface area contributed by atoms with Gasteiger partial charge in [-0.05, 0) is 16.7 Å². The molecule has 0 bridgehead atoms. The van der Waals surface area contributed by atoms with Gasteiger partial charge in [-0.2, -0.15) is 0 Å². The Labute approximate surface area is 180 Å². The molecule has 0 atom stereocenters. The molecule has 4 nitrogen and oxygen atoms in total. The van der Waals surface area contributed by atoms with Crippen LogP contribution in [0, 0.1) is 0 Å². The van der Waals surface area contributed by atoms with Crippen LogP contribution in [-0.4, -0.2) is 14.1 Å². The van der Waals surface area contributed by atoms with Crippen LogP contribution in [0.3, 0.4) is 0 Å². The Morgan fingerprint density at radius 1 is 1.07 bits per heavy atom. The van der Waals surface area contributed by atoms with Crippen molar-refractivity contribution >= 4 is 28.9 Å². The molecule has 30 heavy (non-hydrogen) atoms. The van der Waals surface area contributed by atoms with Crippen molar-refractivity contribution in [2.24, 2.45) is 7.05 Å². The lowest BCUT2D eigenvalue weighted by Crippen LogP contribution is -2.24. The first-order chi connectivity index (χ1) is 14.6. The molecule has 0 aliphatic rings. The van der Waals surface area contributed by atoms with E-state index in [1.54, 1.807) is 22.4 Å². The van der Waals surface area contributed by atoms with E-state index in [9.17, 15) is 4.79 Å². The molecule has 4 rings (SSSR count). The molecule has 0 aliphatic heterocycles. The molecule has 2 heterocycles. The van der Waals surface area contributed by atoms with Crippen molar-refractivity contribution in [1.82, 2.24) is 14.1 Å². The van der Waals surface area contributed by atoms with E-state index in [2.05, 4.69) is 25.3 Å². The van der Waals surface area contributed by atoms with Crippen molar-refractivity contribution in [3.8, 4) is 11.1 Å². The van der Waals surface area contributed by atoms with Crippen LogP contribution >= 0.6 is 11.8 Å². The van der Waals surface area contributed by atoms with Gasteiger partial charge in [0.25, 0.3) is 5.56 Å². The molecule has 2 aromatic heterocycles. The van der Waals surface area contributed by atoms with Crippen LogP contribution in [0.15, 0.2) is 90.0 Å². The van der Waals surface area contributed by atoms with Gasteiger partial charge in [0.2, 0.25) is 0 Å². The smallest absolute Gasteiger partial charge is 0.279 e. The lowest BCUT2D eigenvalue weighted by Gasteiger charge is -2.11. The maximum absolute atomic E-state index is 13.3. The standard InChI is InChI=1S/C25H23N3OS/c1-4-15-28-24(29)23-22(21(16-27(23)3)20-9-7-6-8-10-20)26-25(28)30-17-19-13-11-18(5-2)12-14-19/h4-14,16H,1-2,15,17H2,3H3. The first-order valence-electron chi connectivity index (χ1n) is 9.72. The number of thioether (sulfide) groups is 1. The fraction of sp³-hybridized carbons (Fsp3) is 0.120. The van der Waals surface area contributed by atoms with Gasteiger partial charge in [-0.3, -0.25) is 9.36 Å². The summed E-state index contributed by atoms with van der Waals surface area (Å²) in [6.45, 7) is 8.04. The largest absolute Gasteiger partial charge is 0.344 e. The molecular weight excluding hydrogens is 390 g/mol. The number of benzene rings is 2. The molecule has 0 radical (unpaired) electrons. The van der Waals surface area contributed by atoms with Crippen molar-refractivity contribution in [2.45, 2.75) is 17.5 Å². The number of nitrogens with zero attached hydrogens (tertiary/aromatic N) is 3. The van der Waals surface area contributed by atoms with E-state index >= 15 is 0 Å². The van der Waals surface area contributed by atoms with E-state index < -0.39 is 0 Å². The maximum atomic E-state index is 13.3. The van der Waals surface area contributed by atoms with Gasteiger partial charge in [0, 0.05) is 31.1 Å². The van der Waals surface area contributed by atoms with Crippen LogP contribution in [0.1, 0.15) is 11.1 Å². The summed E-state index contributed by atoms with van der Waals surface area (Å²) in [4.78, 5) is 18.3. The molecule has 5 heteroatoms. The predicted octanol–water partition coefficient (Wildman–Crippen LogP) is 5.52. The molecule has 0 aliphatic carbocycles. The van der Waals surface area contributed by atoms with Crippen molar-refractivity contribution in [2.75, 3.05) is 0 Å². The average Bonchev–Trinajstić information content (AvgIpc) is 3.12. The third-order valence-corrected chi connectivity index (χ3v) is 6.07. The zero-order valence-electron chi connectivity index (χ0n) is 16.9. The van der Waals surface area contributed by atoms with Gasteiger partial charge in [0.15, 0.2) is 5.16 Å². The van der Waals surface area contributed by atoms with E-state index in [4.69, 9.17) is 4.98 Å². The Bertz CT molecular complexity index is 1270. The molecule has 0 amide bonds. The summed E-state index contributed by atoms with van der Waals surface area (Å²) in [5.41, 5.74) is 5.56. The zero-order chi connectivity index (χ0) is 21.1. The number of fused-ring (bicyclic) bond motifs is 1. The molecule has 0 N–H and O–H groups in total. The van der Waals surface area contributed by atoms with E-state index in [0.717, 1.165) is 28.0 Å². The van der Waals surface area contributed by atoms with E-state index in [0.29, 0.717) is 17.2 Å². The minimum absolute atomic E-state index is 0.0471. The molecule has 0 saturated carbocycles. The lowest BCUT2D eigenvalue weighted by molar-refractivity contribution is 0.667. The number of aryl methyl sites for hydroxylation is 1. The van der Waals surface area contributed by atoms with Crippen molar-refractivity contribution in [1.29, 1.82) is 0 Å². The van der Waals surface area contributed by atoms with Gasteiger partial charge < -0.3 is 4.57 Å². The molecule has 4 aromatic rings. The summed E-state index contributed by atoms with van der Waals surface area (Å²) in [5.74, 6) is 0.722. The van der Waals surface area contributed by atoms with Gasteiger partial charge in [0.05, 0.1) is 0 Å². The topological polar surface area (TPSA) is 39.8 Å².